The van der Waals surface area contributed by atoms with Gasteiger partial charge in [0.05, 0.1) is 7.11 Å². The second kappa shape index (κ2) is 7.20. The molecule has 110 valence electrons. The monoisotopic (exact) mass is 340 g/mol. The fourth-order valence-electron chi connectivity index (χ4n) is 2.52. The van der Waals surface area contributed by atoms with Crippen molar-refractivity contribution in [2.75, 3.05) is 27.2 Å². The molecule has 1 aromatic carbocycles. The summed E-state index contributed by atoms with van der Waals surface area (Å²) in [5.41, 5.74) is 0.935. The van der Waals surface area contributed by atoms with Gasteiger partial charge in [0, 0.05) is 10.5 Å². The largest absolute Gasteiger partial charge is 0.468 e. The molecule has 1 aromatic rings. The van der Waals surface area contributed by atoms with Gasteiger partial charge in [0.15, 0.2) is 0 Å². The molecule has 1 N–H and O–H groups in total. The van der Waals surface area contributed by atoms with Crippen LogP contribution in [0.25, 0.3) is 0 Å². The molecular weight excluding hydrogens is 320 g/mol. The first kappa shape index (κ1) is 15.5. The van der Waals surface area contributed by atoms with Crippen LogP contribution >= 0.6 is 15.9 Å². The van der Waals surface area contributed by atoms with E-state index in [1.165, 1.54) is 7.11 Å². The molecule has 1 heterocycles. The molecule has 0 bridgehead atoms. The van der Waals surface area contributed by atoms with Crippen LogP contribution < -0.4 is 5.32 Å². The number of hydrogen-bond donors (Lipinski definition) is 1. The number of carbonyl (C=O) groups excluding carboxylic acids is 1. The molecule has 0 saturated carbocycles. The van der Waals surface area contributed by atoms with Crippen LogP contribution in [0.1, 0.15) is 24.4 Å². The molecule has 1 aliphatic heterocycles. The van der Waals surface area contributed by atoms with E-state index in [9.17, 15) is 4.79 Å². The van der Waals surface area contributed by atoms with Crippen molar-refractivity contribution in [1.29, 1.82) is 0 Å². The van der Waals surface area contributed by atoms with E-state index in [0.717, 1.165) is 36.0 Å². The zero-order chi connectivity index (χ0) is 14.5. The zero-order valence-corrected chi connectivity index (χ0v) is 13.5. The summed E-state index contributed by atoms with van der Waals surface area (Å²) in [5.74, 6) is -0.234. The number of rotatable bonds is 4. The highest BCUT2D eigenvalue weighted by Crippen LogP contribution is 2.21. The molecule has 1 atom stereocenters. The maximum atomic E-state index is 12.1. The van der Waals surface area contributed by atoms with E-state index in [0.29, 0.717) is 6.04 Å². The summed E-state index contributed by atoms with van der Waals surface area (Å²) >= 11 is 3.45. The average molecular weight is 341 g/mol. The Bertz CT molecular complexity index is 459. The van der Waals surface area contributed by atoms with Gasteiger partial charge in [0.1, 0.15) is 6.04 Å². The molecule has 1 aliphatic rings. The topological polar surface area (TPSA) is 41.6 Å². The molecule has 4 nitrogen and oxygen atoms in total. The minimum Gasteiger partial charge on any atom is -0.468 e. The molecule has 0 aromatic heterocycles. The predicted molar refractivity (Wildman–Crippen MR) is 82.6 cm³/mol. The maximum absolute atomic E-state index is 12.1. The minimum absolute atomic E-state index is 0.234. The first-order valence-corrected chi connectivity index (χ1v) is 7.67. The van der Waals surface area contributed by atoms with Gasteiger partial charge in [-0.1, -0.05) is 28.1 Å². The summed E-state index contributed by atoms with van der Waals surface area (Å²) in [6, 6.07) is 7.76. The van der Waals surface area contributed by atoms with Crippen LogP contribution in [0.4, 0.5) is 0 Å². The lowest BCUT2D eigenvalue weighted by Crippen LogP contribution is -2.44. The summed E-state index contributed by atoms with van der Waals surface area (Å²) in [6.45, 7) is 2.12. The summed E-state index contributed by atoms with van der Waals surface area (Å²) in [5, 5.41) is 3.45. The number of ether oxygens (including phenoxy) is 1. The third-order valence-electron chi connectivity index (χ3n) is 3.74. The Kier molecular flexibility index (Phi) is 5.57. The number of likely N-dealkylation sites (tertiary alicyclic amines) is 1. The van der Waals surface area contributed by atoms with E-state index in [1.807, 2.05) is 24.3 Å². The summed E-state index contributed by atoms with van der Waals surface area (Å²) in [7, 11) is 3.56. The van der Waals surface area contributed by atoms with Crippen molar-refractivity contribution in [3.8, 4) is 0 Å². The van der Waals surface area contributed by atoms with Gasteiger partial charge in [-0.3, -0.25) is 5.32 Å². The second-order valence-electron chi connectivity index (χ2n) is 5.26. The SMILES string of the molecule is COC(=O)C(NC1CCN(C)CC1)c1cccc(Br)c1. The summed E-state index contributed by atoms with van der Waals surface area (Å²) in [4.78, 5) is 14.4. The lowest BCUT2D eigenvalue weighted by atomic mass is 10.0. The van der Waals surface area contributed by atoms with Gasteiger partial charge in [-0.2, -0.15) is 0 Å². The van der Waals surface area contributed by atoms with Crippen molar-refractivity contribution in [3.05, 3.63) is 34.3 Å². The van der Waals surface area contributed by atoms with Crippen LogP contribution in [0.2, 0.25) is 0 Å². The van der Waals surface area contributed by atoms with E-state index in [-0.39, 0.29) is 5.97 Å². The summed E-state index contributed by atoms with van der Waals surface area (Å²) in [6.07, 6.45) is 2.11. The Morgan fingerprint density at radius 2 is 2.15 bits per heavy atom. The quantitative estimate of drug-likeness (QED) is 0.854. The van der Waals surface area contributed by atoms with Crippen LogP contribution in [-0.2, 0) is 9.53 Å². The lowest BCUT2D eigenvalue weighted by molar-refractivity contribution is -0.143. The molecule has 0 aliphatic carbocycles. The number of hydrogen-bond acceptors (Lipinski definition) is 4. The molecule has 1 unspecified atom stereocenters. The van der Waals surface area contributed by atoms with Crippen molar-refractivity contribution in [2.45, 2.75) is 24.9 Å². The van der Waals surface area contributed by atoms with Gasteiger partial charge in [-0.25, -0.2) is 4.79 Å². The van der Waals surface area contributed by atoms with Crippen LogP contribution in [0.15, 0.2) is 28.7 Å². The molecular formula is C15H21BrN2O2. The highest BCUT2D eigenvalue weighted by atomic mass is 79.9. The predicted octanol–water partition coefficient (Wildman–Crippen LogP) is 2.35. The fraction of sp³-hybridized carbons (Fsp3) is 0.533. The number of benzene rings is 1. The Morgan fingerprint density at radius 1 is 1.45 bits per heavy atom. The Morgan fingerprint density at radius 3 is 2.75 bits per heavy atom. The molecule has 0 spiro atoms. The highest BCUT2D eigenvalue weighted by Gasteiger charge is 2.26. The van der Waals surface area contributed by atoms with Gasteiger partial charge in [0.2, 0.25) is 0 Å². The van der Waals surface area contributed by atoms with Crippen molar-refractivity contribution >= 4 is 21.9 Å². The number of halogens is 1. The number of nitrogens with zero attached hydrogens (tertiary/aromatic N) is 1. The van der Waals surface area contributed by atoms with Crippen LogP contribution in [0.5, 0.6) is 0 Å². The normalized spacial score (nSPS) is 18.8. The second-order valence-corrected chi connectivity index (χ2v) is 6.17. The van der Waals surface area contributed by atoms with E-state index in [2.05, 4.69) is 33.2 Å². The van der Waals surface area contributed by atoms with Crippen molar-refractivity contribution in [3.63, 3.8) is 0 Å². The first-order chi connectivity index (χ1) is 9.60. The number of carbonyl (C=O) groups is 1. The number of piperidine rings is 1. The van der Waals surface area contributed by atoms with Gasteiger partial charge in [-0.05, 0) is 50.7 Å². The Balaban J connectivity index is 2.10. The first-order valence-electron chi connectivity index (χ1n) is 6.88. The summed E-state index contributed by atoms with van der Waals surface area (Å²) < 4.78 is 5.91. The minimum atomic E-state index is -0.397. The molecule has 1 fully saturated rings. The van der Waals surface area contributed by atoms with Gasteiger partial charge in [-0.15, -0.1) is 0 Å². The molecule has 2 rings (SSSR count). The van der Waals surface area contributed by atoms with Crippen molar-refractivity contribution in [1.82, 2.24) is 10.2 Å². The Labute approximate surface area is 128 Å². The third-order valence-corrected chi connectivity index (χ3v) is 4.23. The van der Waals surface area contributed by atoms with Gasteiger partial charge < -0.3 is 9.64 Å². The van der Waals surface area contributed by atoms with Crippen molar-refractivity contribution in [2.24, 2.45) is 0 Å². The molecule has 20 heavy (non-hydrogen) atoms. The molecule has 0 radical (unpaired) electrons. The van der Waals surface area contributed by atoms with Crippen LogP contribution in [0, 0.1) is 0 Å². The lowest BCUT2D eigenvalue weighted by Gasteiger charge is -2.32. The van der Waals surface area contributed by atoms with Gasteiger partial charge >= 0.3 is 5.97 Å². The maximum Gasteiger partial charge on any atom is 0.327 e. The molecule has 0 amide bonds. The van der Waals surface area contributed by atoms with E-state index < -0.39 is 6.04 Å². The average Bonchev–Trinajstić information content (AvgIpc) is 2.46. The van der Waals surface area contributed by atoms with Crippen molar-refractivity contribution < 1.29 is 9.53 Å². The smallest absolute Gasteiger partial charge is 0.327 e. The number of esters is 1. The fourth-order valence-corrected chi connectivity index (χ4v) is 2.93. The number of nitrogens with one attached hydrogen (secondary N) is 1. The Hall–Kier alpha value is -0.910. The van der Waals surface area contributed by atoms with Crippen LogP contribution in [0.3, 0.4) is 0 Å². The third kappa shape index (κ3) is 4.04. The highest BCUT2D eigenvalue weighted by molar-refractivity contribution is 9.10. The molecule has 5 heteroatoms. The van der Waals surface area contributed by atoms with E-state index >= 15 is 0 Å². The zero-order valence-electron chi connectivity index (χ0n) is 11.9. The van der Waals surface area contributed by atoms with Gasteiger partial charge in [0.25, 0.3) is 0 Å². The number of methoxy groups -OCH3 is 1. The van der Waals surface area contributed by atoms with E-state index in [1.54, 1.807) is 0 Å². The standard InChI is InChI=1S/C15H21BrN2O2/c1-18-8-6-13(7-9-18)17-14(15(19)20-2)11-4-3-5-12(16)10-11/h3-5,10,13-14,17H,6-9H2,1-2H3. The van der Waals surface area contributed by atoms with Crippen LogP contribution in [-0.4, -0.2) is 44.2 Å². The molecule has 1 saturated heterocycles. The van der Waals surface area contributed by atoms with E-state index in [4.69, 9.17) is 4.74 Å².